The first-order valence-electron chi connectivity index (χ1n) is 15.4. The lowest BCUT2D eigenvalue weighted by Crippen LogP contribution is -2.41. The summed E-state index contributed by atoms with van der Waals surface area (Å²) in [7, 11) is 0. The number of carbonyl (C=O) groups is 4. The van der Waals surface area contributed by atoms with Gasteiger partial charge in [-0.1, -0.05) is 48.5 Å². The molecule has 46 heavy (non-hydrogen) atoms. The van der Waals surface area contributed by atoms with E-state index in [1.807, 2.05) is 48.5 Å². The van der Waals surface area contributed by atoms with Crippen LogP contribution in [0, 0.1) is 0 Å². The lowest BCUT2D eigenvalue weighted by atomic mass is 10.0. The van der Waals surface area contributed by atoms with Crippen molar-refractivity contribution in [2.45, 2.75) is 57.7 Å². The van der Waals surface area contributed by atoms with Gasteiger partial charge in [0.2, 0.25) is 0 Å². The van der Waals surface area contributed by atoms with Crippen LogP contribution in [0.25, 0.3) is 0 Å². The maximum atomic E-state index is 14.0. The van der Waals surface area contributed by atoms with Crippen molar-refractivity contribution in [3.63, 3.8) is 0 Å². The van der Waals surface area contributed by atoms with Gasteiger partial charge in [-0.25, -0.2) is 4.79 Å². The molecule has 0 spiro atoms. The van der Waals surface area contributed by atoms with Gasteiger partial charge in [-0.2, -0.15) is 0 Å². The molecule has 0 bridgehead atoms. The van der Waals surface area contributed by atoms with E-state index in [0.717, 1.165) is 0 Å². The number of nitrogens with zero attached hydrogens (tertiary/aromatic N) is 1. The highest BCUT2D eigenvalue weighted by atomic mass is 16.5. The van der Waals surface area contributed by atoms with Crippen molar-refractivity contribution < 1.29 is 33.4 Å². The zero-order valence-corrected chi connectivity index (χ0v) is 25.3. The van der Waals surface area contributed by atoms with Crippen LogP contribution in [0.4, 0.5) is 10.5 Å². The Balaban J connectivity index is 1.18. The molecule has 2 amide bonds. The molecule has 9 heteroatoms. The fourth-order valence-electron chi connectivity index (χ4n) is 5.75. The predicted molar refractivity (Wildman–Crippen MR) is 171 cm³/mol. The molecule has 1 aliphatic carbocycles. The Morgan fingerprint density at radius 2 is 1.39 bits per heavy atom. The van der Waals surface area contributed by atoms with Crippen molar-refractivity contribution in [3.05, 3.63) is 114 Å². The number of hydrogen-bond acceptors (Lipinski definition) is 7. The Kier molecular flexibility index (Phi) is 9.38. The fourth-order valence-corrected chi connectivity index (χ4v) is 5.75. The van der Waals surface area contributed by atoms with Crippen molar-refractivity contribution in [3.8, 4) is 23.0 Å². The molecule has 6 rings (SSSR count). The van der Waals surface area contributed by atoms with Gasteiger partial charge in [0.15, 0.2) is 5.78 Å². The molecule has 4 aromatic carbocycles. The number of ketones is 2. The number of rotatable bonds is 8. The molecule has 0 radical (unpaired) electrons. The predicted octanol–water partition coefficient (Wildman–Crippen LogP) is 7.84. The molecular weight excluding hydrogens is 584 g/mol. The third-order valence-corrected chi connectivity index (χ3v) is 8.12. The Hall–Kier alpha value is -5.44. The van der Waals surface area contributed by atoms with Crippen LogP contribution in [-0.2, 0) is 27.5 Å². The third kappa shape index (κ3) is 7.26. The summed E-state index contributed by atoms with van der Waals surface area (Å²) in [4.78, 5) is 53.8. The van der Waals surface area contributed by atoms with Crippen LogP contribution in [0.1, 0.15) is 60.0 Å². The highest BCUT2D eigenvalue weighted by Crippen LogP contribution is 2.39. The van der Waals surface area contributed by atoms with Gasteiger partial charge in [0.1, 0.15) is 35.4 Å². The van der Waals surface area contributed by atoms with Crippen molar-refractivity contribution in [1.82, 2.24) is 4.90 Å². The van der Waals surface area contributed by atoms with Gasteiger partial charge in [0.25, 0.3) is 5.91 Å². The van der Waals surface area contributed by atoms with Gasteiger partial charge < -0.3 is 19.1 Å². The molecule has 0 aromatic heterocycles. The van der Waals surface area contributed by atoms with Crippen molar-refractivity contribution in [1.29, 1.82) is 0 Å². The van der Waals surface area contributed by atoms with Crippen LogP contribution in [-0.4, -0.2) is 34.5 Å². The average molecular weight is 619 g/mol. The van der Waals surface area contributed by atoms with Crippen LogP contribution >= 0.6 is 0 Å². The van der Waals surface area contributed by atoms with E-state index in [1.54, 1.807) is 53.4 Å². The number of nitrogens with one attached hydrogen (secondary N) is 1. The second-order valence-electron chi connectivity index (χ2n) is 11.3. The molecule has 1 unspecified atom stereocenters. The van der Waals surface area contributed by atoms with E-state index >= 15 is 0 Å². The van der Waals surface area contributed by atoms with Crippen molar-refractivity contribution in [2.75, 3.05) is 5.32 Å². The van der Waals surface area contributed by atoms with E-state index in [4.69, 9.17) is 14.2 Å². The van der Waals surface area contributed by atoms with Crippen LogP contribution < -0.4 is 14.8 Å². The molecule has 2 aliphatic rings. The number of ether oxygens (including phenoxy) is 3. The smallest absolute Gasteiger partial charge is 0.411 e. The first kappa shape index (κ1) is 30.6. The number of benzene rings is 4. The summed E-state index contributed by atoms with van der Waals surface area (Å²) < 4.78 is 17.6. The summed E-state index contributed by atoms with van der Waals surface area (Å²) in [6.45, 7) is 0.0656. The third-order valence-electron chi connectivity index (χ3n) is 8.12. The summed E-state index contributed by atoms with van der Waals surface area (Å²) in [5.41, 5.74) is 2.05. The SMILES string of the molecule is O=C1CCCCC(=O)C(N2Cc3ccc(COC(=O)Nc4ccc(Oc5ccccc5)cc4)c(Oc4ccccc4)c3C2=O)CC1. The van der Waals surface area contributed by atoms with Crippen LogP contribution in [0.5, 0.6) is 23.0 Å². The molecule has 1 atom stereocenters. The topological polar surface area (TPSA) is 111 Å². The van der Waals surface area contributed by atoms with E-state index in [2.05, 4.69) is 5.32 Å². The average Bonchev–Trinajstić information content (AvgIpc) is 3.43. The fraction of sp³-hybridized carbons (Fsp3) is 0.243. The Morgan fingerprint density at radius 1 is 0.739 bits per heavy atom. The maximum Gasteiger partial charge on any atom is 0.411 e. The van der Waals surface area contributed by atoms with Crippen molar-refractivity contribution >= 4 is 29.3 Å². The van der Waals surface area contributed by atoms with E-state index in [1.165, 1.54) is 0 Å². The number of hydrogen-bond donors (Lipinski definition) is 1. The first-order chi connectivity index (χ1) is 22.4. The van der Waals surface area contributed by atoms with Gasteiger partial charge in [-0.05, 0) is 73.4 Å². The molecule has 234 valence electrons. The lowest BCUT2D eigenvalue weighted by Gasteiger charge is -2.26. The number of fused-ring (bicyclic) bond motifs is 1. The minimum absolute atomic E-state index is 0.0266. The molecule has 1 saturated carbocycles. The van der Waals surface area contributed by atoms with E-state index in [-0.39, 0.29) is 42.8 Å². The Labute approximate surface area is 267 Å². The van der Waals surface area contributed by atoms with Gasteiger partial charge in [-0.15, -0.1) is 0 Å². The lowest BCUT2D eigenvalue weighted by molar-refractivity contribution is -0.124. The summed E-state index contributed by atoms with van der Waals surface area (Å²) in [5, 5.41) is 2.71. The number of para-hydroxylation sites is 2. The largest absolute Gasteiger partial charge is 0.457 e. The molecular formula is C37H34N2O7. The number of anilines is 1. The normalized spacial score (nSPS) is 16.6. The Bertz CT molecular complexity index is 1720. The summed E-state index contributed by atoms with van der Waals surface area (Å²) >= 11 is 0. The van der Waals surface area contributed by atoms with Crippen LogP contribution in [0.15, 0.2) is 97.1 Å². The number of amides is 2. The minimum Gasteiger partial charge on any atom is -0.457 e. The molecule has 4 aromatic rings. The molecule has 1 fully saturated rings. The highest BCUT2D eigenvalue weighted by molar-refractivity contribution is 6.04. The maximum absolute atomic E-state index is 14.0. The summed E-state index contributed by atoms with van der Waals surface area (Å²) in [6.07, 6.45) is 2.01. The molecule has 1 aliphatic heterocycles. The zero-order valence-electron chi connectivity index (χ0n) is 25.3. The molecule has 1 heterocycles. The van der Waals surface area contributed by atoms with E-state index < -0.39 is 12.1 Å². The number of Topliss-reactive ketones (excluding diaryl/α,β-unsaturated/α-hetero) is 2. The van der Waals surface area contributed by atoms with Gasteiger partial charge in [0.05, 0.1) is 11.6 Å². The van der Waals surface area contributed by atoms with Gasteiger partial charge in [-0.3, -0.25) is 19.7 Å². The zero-order chi connectivity index (χ0) is 31.9. The second-order valence-corrected chi connectivity index (χ2v) is 11.3. The highest BCUT2D eigenvalue weighted by Gasteiger charge is 2.39. The quantitative estimate of drug-likeness (QED) is 0.214. The van der Waals surface area contributed by atoms with Crippen LogP contribution in [0.3, 0.4) is 0 Å². The van der Waals surface area contributed by atoms with Crippen molar-refractivity contribution in [2.24, 2.45) is 0 Å². The van der Waals surface area contributed by atoms with Gasteiger partial charge >= 0.3 is 6.09 Å². The Morgan fingerprint density at radius 3 is 2.11 bits per heavy atom. The number of carbonyl (C=O) groups excluding carboxylic acids is 4. The molecule has 1 N–H and O–H groups in total. The van der Waals surface area contributed by atoms with Gasteiger partial charge in [0, 0.05) is 37.1 Å². The summed E-state index contributed by atoms with van der Waals surface area (Å²) in [5.74, 6) is 1.86. The first-order valence-corrected chi connectivity index (χ1v) is 15.4. The minimum atomic E-state index is -0.684. The second kappa shape index (κ2) is 14.1. The monoisotopic (exact) mass is 618 g/mol. The molecule has 9 nitrogen and oxygen atoms in total. The van der Waals surface area contributed by atoms with E-state index in [9.17, 15) is 19.2 Å². The van der Waals surface area contributed by atoms with Crippen LogP contribution in [0.2, 0.25) is 0 Å². The summed E-state index contributed by atoms with van der Waals surface area (Å²) in [6, 6.07) is 28.2. The standard InChI is InChI=1S/C37H34N2O7/c40-28-9-7-8-14-33(41)32(22-19-28)39-23-25-15-16-26(35(34(25)36(39)42)46-30-12-5-2-6-13-30)24-44-37(43)38-27-17-20-31(21-18-27)45-29-10-3-1-4-11-29/h1-6,10-13,15-18,20-21,32H,7-9,14,19,22-24H2,(H,38,43). The van der Waals surface area contributed by atoms with E-state index in [0.29, 0.717) is 71.7 Å². The molecule has 0 saturated heterocycles.